The first-order valence-electron chi connectivity index (χ1n) is 13.1. The number of carbonyl (C=O) groups is 2. The van der Waals surface area contributed by atoms with Crippen molar-refractivity contribution in [2.45, 2.75) is 69.0 Å². The first kappa shape index (κ1) is 27.3. The summed E-state index contributed by atoms with van der Waals surface area (Å²) >= 11 is 7.64. The first-order chi connectivity index (χ1) is 18.0. The number of rotatable bonds is 11. The van der Waals surface area contributed by atoms with E-state index in [4.69, 9.17) is 11.6 Å². The monoisotopic (exact) mass is 534 g/mol. The zero-order chi connectivity index (χ0) is 26.0. The molecule has 6 heteroatoms. The molecular weight excluding hydrogens is 500 g/mol. The SMILES string of the molecule is Cc1cccc(CN(C(=O)CCSc2ccc(Cl)cc2)C(Cc2ccccc2)C(=O)NC2CCCC2)c1. The van der Waals surface area contributed by atoms with E-state index in [-0.39, 0.29) is 17.9 Å². The zero-order valence-corrected chi connectivity index (χ0v) is 22.9. The summed E-state index contributed by atoms with van der Waals surface area (Å²) in [5, 5.41) is 3.96. The Kier molecular flexibility index (Phi) is 10.1. The lowest BCUT2D eigenvalue weighted by atomic mass is 10.0. The van der Waals surface area contributed by atoms with Crippen LogP contribution in [0.3, 0.4) is 0 Å². The van der Waals surface area contributed by atoms with Crippen molar-refractivity contribution in [3.05, 3.63) is 101 Å². The number of thioether (sulfide) groups is 1. The van der Waals surface area contributed by atoms with Crippen molar-refractivity contribution in [1.82, 2.24) is 10.2 Å². The second kappa shape index (κ2) is 13.7. The van der Waals surface area contributed by atoms with Gasteiger partial charge in [-0.2, -0.15) is 0 Å². The average molecular weight is 535 g/mol. The van der Waals surface area contributed by atoms with Crippen molar-refractivity contribution in [3.63, 3.8) is 0 Å². The molecule has 0 heterocycles. The van der Waals surface area contributed by atoms with E-state index in [0.29, 0.717) is 30.2 Å². The van der Waals surface area contributed by atoms with Gasteiger partial charge in [0.2, 0.25) is 11.8 Å². The molecule has 0 radical (unpaired) electrons. The van der Waals surface area contributed by atoms with Gasteiger partial charge in [0.1, 0.15) is 6.04 Å². The number of aryl methyl sites for hydroxylation is 1. The highest BCUT2D eigenvalue weighted by atomic mass is 35.5. The molecule has 194 valence electrons. The van der Waals surface area contributed by atoms with Gasteiger partial charge < -0.3 is 10.2 Å². The second-order valence-electron chi connectivity index (χ2n) is 9.76. The molecule has 0 spiro atoms. The van der Waals surface area contributed by atoms with Gasteiger partial charge in [-0.3, -0.25) is 9.59 Å². The predicted octanol–water partition coefficient (Wildman–Crippen LogP) is 6.83. The molecule has 1 unspecified atom stereocenters. The smallest absolute Gasteiger partial charge is 0.243 e. The maximum absolute atomic E-state index is 13.8. The molecule has 1 aliphatic rings. The van der Waals surface area contributed by atoms with Crippen LogP contribution in [-0.4, -0.2) is 34.6 Å². The molecule has 0 aromatic heterocycles. The van der Waals surface area contributed by atoms with Crippen LogP contribution in [0, 0.1) is 6.92 Å². The molecule has 0 bridgehead atoms. The number of nitrogens with one attached hydrogen (secondary N) is 1. The fraction of sp³-hybridized carbons (Fsp3) is 0.355. The summed E-state index contributed by atoms with van der Waals surface area (Å²) in [5.41, 5.74) is 3.22. The largest absolute Gasteiger partial charge is 0.352 e. The Morgan fingerprint density at radius 2 is 1.68 bits per heavy atom. The highest BCUT2D eigenvalue weighted by Gasteiger charge is 2.32. The van der Waals surface area contributed by atoms with Crippen LogP contribution in [0.5, 0.6) is 0 Å². The van der Waals surface area contributed by atoms with Gasteiger partial charge in [-0.05, 0) is 55.2 Å². The van der Waals surface area contributed by atoms with Crippen LogP contribution in [0.1, 0.15) is 48.8 Å². The number of halogens is 1. The Balaban J connectivity index is 1.56. The van der Waals surface area contributed by atoms with Crippen molar-refractivity contribution in [2.75, 3.05) is 5.75 Å². The maximum atomic E-state index is 13.8. The van der Waals surface area contributed by atoms with E-state index in [1.54, 1.807) is 16.7 Å². The van der Waals surface area contributed by atoms with Crippen molar-refractivity contribution in [2.24, 2.45) is 0 Å². The number of hydrogen-bond acceptors (Lipinski definition) is 3. The van der Waals surface area contributed by atoms with E-state index < -0.39 is 6.04 Å². The minimum absolute atomic E-state index is 0.00882. The van der Waals surface area contributed by atoms with E-state index in [9.17, 15) is 9.59 Å². The molecule has 2 amide bonds. The van der Waals surface area contributed by atoms with Gasteiger partial charge in [-0.25, -0.2) is 0 Å². The molecule has 4 nitrogen and oxygen atoms in total. The summed E-state index contributed by atoms with van der Waals surface area (Å²) in [6, 6.07) is 25.5. The zero-order valence-electron chi connectivity index (χ0n) is 21.4. The number of hydrogen-bond donors (Lipinski definition) is 1. The summed E-state index contributed by atoms with van der Waals surface area (Å²) in [6.07, 6.45) is 5.13. The van der Waals surface area contributed by atoms with E-state index >= 15 is 0 Å². The van der Waals surface area contributed by atoms with Gasteiger partial charge in [-0.15, -0.1) is 11.8 Å². The van der Waals surface area contributed by atoms with E-state index in [2.05, 4.69) is 11.4 Å². The Hall–Kier alpha value is -2.76. The molecule has 1 fully saturated rings. The van der Waals surface area contributed by atoms with E-state index in [0.717, 1.165) is 47.3 Å². The lowest BCUT2D eigenvalue weighted by Crippen LogP contribution is -2.52. The second-order valence-corrected chi connectivity index (χ2v) is 11.4. The molecule has 0 saturated heterocycles. The van der Waals surface area contributed by atoms with Gasteiger partial charge >= 0.3 is 0 Å². The highest BCUT2D eigenvalue weighted by Crippen LogP contribution is 2.24. The van der Waals surface area contributed by atoms with Gasteiger partial charge in [0.05, 0.1) is 0 Å². The molecule has 1 aliphatic carbocycles. The lowest BCUT2D eigenvalue weighted by molar-refractivity contribution is -0.141. The third-order valence-corrected chi connectivity index (χ3v) is 8.07. The average Bonchev–Trinajstić information content (AvgIpc) is 3.41. The summed E-state index contributed by atoms with van der Waals surface area (Å²) in [5.74, 6) is 0.570. The minimum Gasteiger partial charge on any atom is -0.352 e. The quantitative estimate of drug-likeness (QED) is 0.274. The molecule has 0 aliphatic heterocycles. The molecule has 1 N–H and O–H groups in total. The van der Waals surface area contributed by atoms with E-state index in [1.165, 1.54) is 0 Å². The van der Waals surface area contributed by atoms with Crippen LogP contribution in [0.4, 0.5) is 0 Å². The Bertz CT molecular complexity index is 1160. The molecule has 4 rings (SSSR count). The van der Waals surface area contributed by atoms with Crippen molar-refractivity contribution < 1.29 is 9.59 Å². The Morgan fingerprint density at radius 1 is 0.973 bits per heavy atom. The van der Waals surface area contributed by atoms with Crippen molar-refractivity contribution >= 4 is 35.2 Å². The number of amides is 2. The van der Waals surface area contributed by atoms with Gasteiger partial charge in [0.25, 0.3) is 0 Å². The van der Waals surface area contributed by atoms with Gasteiger partial charge in [-0.1, -0.05) is 84.6 Å². The molecule has 3 aromatic rings. The van der Waals surface area contributed by atoms with Gasteiger partial charge in [0.15, 0.2) is 0 Å². The fourth-order valence-corrected chi connectivity index (χ4v) is 5.83. The summed E-state index contributed by atoms with van der Waals surface area (Å²) in [4.78, 5) is 30.3. The Morgan fingerprint density at radius 3 is 2.38 bits per heavy atom. The molecule has 1 atom stereocenters. The van der Waals surface area contributed by atoms with Crippen LogP contribution in [-0.2, 0) is 22.6 Å². The molecular formula is C31H35ClN2O2S. The van der Waals surface area contributed by atoms with Crippen molar-refractivity contribution in [3.8, 4) is 0 Å². The molecule has 3 aromatic carbocycles. The van der Waals surface area contributed by atoms with Gasteiger partial charge in [0, 0.05) is 41.1 Å². The maximum Gasteiger partial charge on any atom is 0.243 e. The van der Waals surface area contributed by atoms with Crippen molar-refractivity contribution in [1.29, 1.82) is 0 Å². The van der Waals surface area contributed by atoms with Crippen LogP contribution in [0.25, 0.3) is 0 Å². The number of nitrogens with zero attached hydrogens (tertiary/aromatic N) is 1. The summed E-state index contributed by atoms with van der Waals surface area (Å²) < 4.78 is 0. The fourth-order valence-electron chi connectivity index (χ4n) is 4.86. The normalized spacial score (nSPS) is 14.3. The molecule has 1 saturated carbocycles. The third-order valence-electron chi connectivity index (χ3n) is 6.81. The highest BCUT2D eigenvalue weighted by molar-refractivity contribution is 7.99. The van der Waals surface area contributed by atoms with E-state index in [1.807, 2.05) is 79.7 Å². The van der Waals surface area contributed by atoms with Crippen LogP contribution >= 0.6 is 23.4 Å². The Labute approximate surface area is 229 Å². The summed E-state index contributed by atoms with van der Waals surface area (Å²) in [7, 11) is 0. The van der Waals surface area contributed by atoms with Crippen LogP contribution < -0.4 is 5.32 Å². The number of carbonyl (C=O) groups excluding carboxylic acids is 2. The minimum atomic E-state index is -0.573. The van der Waals surface area contributed by atoms with Crippen LogP contribution in [0.2, 0.25) is 5.02 Å². The lowest BCUT2D eigenvalue weighted by Gasteiger charge is -2.32. The molecule has 37 heavy (non-hydrogen) atoms. The topological polar surface area (TPSA) is 49.4 Å². The predicted molar refractivity (Wildman–Crippen MR) is 153 cm³/mol. The standard InChI is InChI=1S/C31H35ClN2O2S/c1-23-8-7-11-25(20-23)22-34(30(35)18-19-37-28-16-14-26(32)15-17-28)29(21-24-9-3-2-4-10-24)31(36)33-27-12-5-6-13-27/h2-4,7-11,14-17,20,27,29H,5-6,12-13,18-19,21-22H2,1H3,(H,33,36). The summed E-state index contributed by atoms with van der Waals surface area (Å²) in [6.45, 7) is 2.45. The number of benzene rings is 3. The van der Waals surface area contributed by atoms with Crippen LogP contribution in [0.15, 0.2) is 83.8 Å². The first-order valence-corrected chi connectivity index (χ1v) is 14.4. The third kappa shape index (κ3) is 8.37.